The van der Waals surface area contributed by atoms with E-state index in [9.17, 15) is 0 Å². The second-order valence-electron chi connectivity index (χ2n) is 8.55. The van der Waals surface area contributed by atoms with Gasteiger partial charge in [0.15, 0.2) is 0 Å². The zero-order chi connectivity index (χ0) is 20.4. The summed E-state index contributed by atoms with van der Waals surface area (Å²) < 4.78 is 0. The topological polar surface area (TPSA) is 70.2 Å². The molecule has 0 unspecified atom stereocenters. The van der Waals surface area contributed by atoms with Gasteiger partial charge in [-0.15, -0.1) is 0 Å². The molecule has 0 bridgehead atoms. The molecule has 6 aromatic rings. The van der Waals surface area contributed by atoms with Crippen molar-refractivity contribution in [3.05, 3.63) is 66.6 Å². The lowest BCUT2D eigenvalue weighted by Gasteiger charge is -2.09. The van der Waals surface area contributed by atoms with E-state index in [4.69, 9.17) is 4.98 Å². The van der Waals surface area contributed by atoms with Gasteiger partial charge >= 0.3 is 0 Å². The van der Waals surface area contributed by atoms with E-state index in [0.717, 1.165) is 38.7 Å². The van der Waals surface area contributed by atoms with Crippen molar-refractivity contribution in [2.24, 2.45) is 0 Å². The van der Waals surface area contributed by atoms with Crippen molar-refractivity contribution in [3.8, 4) is 11.4 Å². The Labute approximate surface area is 178 Å². The van der Waals surface area contributed by atoms with Crippen LogP contribution >= 0.6 is 0 Å². The summed E-state index contributed by atoms with van der Waals surface area (Å²) in [6, 6.07) is 16.7. The highest BCUT2D eigenvalue weighted by molar-refractivity contribution is 6.21. The van der Waals surface area contributed by atoms with Crippen LogP contribution in [0.2, 0.25) is 0 Å². The highest BCUT2D eigenvalue weighted by Crippen LogP contribution is 2.43. The normalized spacial score (nSPS) is 15.1. The van der Waals surface area contributed by atoms with Gasteiger partial charge in [0.2, 0.25) is 0 Å². The van der Waals surface area contributed by atoms with Crippen LogP contribution in [0.5, 0.6) is 0 Å². The monoisotopic (exact) mass is 403 g/mol. The van der Waals surface area contributed by atoms with E-state index < -0.39 is 0 Å². The summed E-state index contributed by atoms with van der Waals surface area (Å²) >= 11 is 0. The quantitative estimate of drug-likeness (QED) is 0.326. The molecule has 0 radical (unpaired) electrons. The highest BCUT2D eigenvalue weighted by atomic mass is 14.9. The lowest BCUT2D eigenvalue weighted by atomic mass is 9.98. The molecule has 4 aromatic heterocycles. The fraction of sp³-hybridized carbons (Fsp3) is 0.192. The second kappa shape index (κ2) is 6.38. The minimum absolute atomic E-state index is 0.562. The fourth-order valence-corrected chi connectivity index (χ4v) is 5.40. The van der Waals surface area contributed by atoms with E-state index in [1.54, 1.807) is 0 Å². The predicted octanol–water partition coefficient (Wildman–Crippen LogP) is 6.47. The van der Waals surface area contributed by atoms with E-state index >= 15 is 0 Å². The van der Waals surface area contributed by atoms with Crippen molar-refractivity contribution in [2.75, 3.05) is 0 Å². The third-order valence-electron chi connectivity index (χ3n) is 6.80. The maximum Gasteiger partial charge on any atom is 0.140 e. The smallest absolute Gasteiger partial charge is 0.140 e. The Bertz CT molecular complexity index is 1530. The number of fused-ring (bicyclic) bond motifs is 7. The van der Waals surface area contributed by atoms with E-state index in [1.807, 2.05) is 24.5 Å². The molecule has 5 heteroatoms. The number of rotatable bonds is 2. The number of aromatic amines is 2. The Kier molecular flexibility index (Phi) is 3.50. The molecule has 2 N–H and O–H groups in total. The van der Waals surface area contributed by atoms with Gasteiger partial charge in [0, 0.05) is 45.3 Å². The van der Waals surface area contributed by atoms with E-state index in [2.05, 4.69) is 56.3 Å². The van der Waals surface area contributed by atoms with Crippen LogP contribution in [0, 0.1) is 0 Å². The molecule has 5 nitrogen and oxygen atoms in total. The Morgan fingerprint density at radius 1 is 0.710 bits per heavy atom. The largest absolute Gasteiger partial charge is 0.358 e. The van der Waals surface area contributed by atoms with Crippen molar-refractivity contribution in [1.29, 1.82) is 0 Å². The van der Waals surface area contributed by atoms with Gasteiger partial charge in [-0.3, -0.25) is 9.97 Å². The number of nitrogens with zero attached hydrogens (tertiary/aromatic N) is 3. The number of para-hydroxylation sites is 1. The van der Waals surface area contributed by atoms with Gasteiger partial charge in [-0.1, -0.05) is 31.0 Å². The minimum atomic E-state index is 0.562. The maximum absolute atomic E-state index is 5.17. The first kappa shape index (κ1) is 17.0. The average Bonchev–Trinajstić information content (AvgIpc) is 3.57. The van der Waals surface area contributed by atoms with Gasteiger partial charge in [0.25, 0.3) is 0 Å². The third kappa shape index (κ3) is 2.40. The molecule has 1 fully saturated rings. The van der Waals surface area contributed by atoms with Gasteiger partial charge < -0.3 is 9.97 Å². The number of nitrogens with one attached hydrogen (secondary N) is 2. The molecule has 1 saturated carbocycles. The average molecular weight is 403 g/mol. The molecule has 0 aliphatic heterocycles. The first-order valence-corrected chi connectivity index (χ1v) is 11.0. The molecule has 4 heterocycles. The zero-order valence-electron chi connectivity index (χ0n) is 17.0. The van der Waals surface area contributed by atoms with Gasteiger partial charge in [-0.2, -0.15) is 0 Å². The summed E-state index contributed by atoms with van der Waals surface area (Å²) in [5, 5.41) is 3.33. The van der Waals surface area contributed by atoms with E-state index in [-0.39, 0.29) is 0 Å². The first-order valence-electron chi connectivity index (χ1n) is 11.0. The Morgan fingerprint density at radius 3 is 2.26 bits per heavy atom. The third-order valence-corrected chi connectivity index (χ3v) is 6.80. The number of H-pyrrole nitrogens is 2. The fourth-order valence-electron chi connectivity index (χ4n) is 5.40. The summed E-state index contributed by atoms with van der Waals surface area (Å²) in [7, 11) is 0. The van der Waals surface area contributed by atoms with Crippen molar-refractivity contribution in [1.82, 2.24) is 24.9 Å². The molecule has 1 aliphatic carbocycles. The molecule has 150 valence electrons. The van der Waals surface area contributed by atoms with Crippen molar-refractivity contribution < 1.29 is 0 Å². The Hall–Kier alpha value is -3.73. The first-order chi connectivity index (χ1) is 15.4. The summed E-state index contributed by atoms with van der Waals surface area (Å²) in [6.07, 6.45) is 8.73. The van der Waals surface area contributed by atoms with Gasteiger partial charge in [0.1, 0.15) is 5.82 Å². The number of hydrogen-bond acceptors (Lipinski definition) is 3. The van der Waals surface area contributed by atoms with Crippen LogP contribution in [0.25, 0.3) is 55.1 Å². The number of aromatic nitrogens is 5. The minimum Gasteiger partial charge on any atom is -0.358 e. The Morgan fingerprint density at radius 2 is 1.42 bits per heavy atom. The molecule has 7 rings (SSSR count). The standard InChI is InChI=1S/C26H21N5/c1-2-8-15(7-1)21-20(16-9-3-4-12-19(16)29-21)26-30-24-17-10-5-13-27-22(17)23-18(25(24)31-26)11-6-14-28-23/h3-6,9-15,29H,1-2,7-8H2,(H,30,31). The van der Waals surface area contributed by atoms with Crippen LogP contribution in [0.1, 0.15) is 37.3 Å². The second-order valence-corrected chi connectivity index (χ2v) is 8.55. The maximum atomic E-state index is 5.17. The van der Waals surface area contributed by atoms with Crippen LogP contribution in [0.4, 0.5) is 0 Å². The molecular formula is C26H21N5. The lowest BCUT2D eigenvalue weighted by molar-refractivity contribution is 0.706. The number of imidazole rings is 1. The summed E-state index contributed by atoms with van der Waals surface area (Å²) in [4.78, 5) is 21.9. The number of pyridine rings is 2. The van der Waals surface area contributed by atoms with Gasteiger partial charge in [-0.05, 0) is 49.1 Å². The van der Waals surface area contributed by atoms with Crippen molar-refractivity contribution >= 4 is 43.7 Å². The van der Waals surface area contributed by atoms with Gasteiger partial charge in [-0.25, -0.2) is 4.98 Å². The Balaban J connectivity index is 1.60. The van der Waals surface area contributed by atoms with Crippen LogP contribution in [0.15, 0.2) is 60.9 Å². The van der Waals surface area contributed by atoms with Gasteiger partial charge in [0.05, 0.1) is 22.1 Å². The summed E-state index contributed by atoms with van der Waals surface area (Å²) in [6.45, 7) is 0. The molecule has 2 aromatic carbocycles. The van der Waals surface area contributed by atoms with Crippen LogP contribution in [-0.2, 0) is 0 Å². The lowest BCUT2D eigenvalue weighted by Crippen LogP contribution is -1.96. The molecule has 0 spiro atoms. The molecule has 31 heavy (non-hydrogen) atoms. The molecular weight excluding hydrogens is 382 g/mol. The number of benzene rings is 2. The molecule has 0 saturated heterocycles. The predicted molar refractivity (Wildman–Crippen MR) is 125 cm³/mol. The summed E-state index contributed by atoms with van der Waals surface area (Å²) in [5.74, 6) is 1.49. The van der Waals surface area contributed by atoms with Crippen LogP contribution in [0.3, 0.4) is 0 Å². The summed E-state index contributed by atoms with van der Waals surface area (Å²) in [5.41, 5.74) is 7.52. The van der Waals surface area contributed by atoms with Crippen LogP contribution in [-0.4, -0.2) is 24.9 Å². The zero-order valence-corrected chi connectivity index (χ0v) is 17.0. The van der Waals surface area contributed by atoms with E-state index in [1.165, 1.54) is 47.8 Å². The molecule has 0 amide bonds. The van der Waals surface area contributed by atoms with Crippen molar-refractivity contribution in [2.45, 2.75) is 31.6 Å². The molecule has 0 atom stereocenters. The van der Waals surface area contributed by atoms with Crippen molar-refractivity contribution in [3.63, 3.8) is 0 Å². The number of hydrogen-bond donors (Lipinski definition) is 2. The van der Waals surface area contributed by atoms with E-state index in [0.29, 0.717) is 5.92 Å². The molecule has 1 aliphatic rings. The van der Waals surface area contributed by atoms with Crippen LogP contribution < -0.4 is 0 Å². The highest BCUT2D eigenvalue weighted by Gasteiger charge is 2.26. The SMILES string of the molecule is c1ccc2c(-c3nc4c5cccnc5c5ncccc5c4[nH]3)c(C3CCCC3)[nH]c2c1.